The van der Waals surface area contributed by atoms with E-state index in [1.807, 2.05) is 30.5 Å². The quantitative estimate of drug-likeness (QED) is 0.0435. The minimum absolute atomic E-state index is 0.0701. The number of ether oxygens (including phenoxy) is 6. The molecule has 396 valence electrons. The standard InChI is InChI=1S/C56H59N7O13/c1-7-19-76-56(70)61-51(32(2)3)53(67)60-43(17-18-50(64)65)52(66)59-37-13-9-33(10-14-37)35-22-38-28-57-44-26-48(46(72-5)24-41(44)54(68)62(38)30-35)74-20-8-21-75-49-27-45-42(25-47(49)73-6)55(69)63-31-36(23-39(63)29-58-45)34-11-15-40(71-4)16-12-34/h7,9-16,24-32,38-39,43,51H,1,8,17-23H2,2-6H3,(H,59,66)(H,60,67)(H,61,70)(H,64,65)/t38-,39-,43?,51-/m0/s1. The van der Waals surface area contributed by atoms with Gasteiger partial charge >= 0.3 is 12.1 Å². The summed E-state index contributed by atoms with van der Waals surface area (Å²) in [6.07, 6.45) is 8.58. The molecule has 76 heavy (non-hydrogen) atoms. The summed E-state index contributed by atoms with van der Waals surface area (Å²) in [4.78, 5) is 91.1. The van der Waals surface area contributed by atoms with Crippen molar-refractivity contribution < 1.29 is 62.3 Å². The van der Waals surface area contributed by atoms with E-state index in [1.165, 1.54) is 20.3 Å². The summed E-state index contributed by atoms with van der Waals surface area (Å²) in [6, 6.07) is 18.3. The van der Waals surface area contributed by atoms with Crippen LogP contribution in [0.15, 0.2) is 108 Å². The van der Waals surface area contributed by atoms with E-state index < -0.39 is 54.3 Å². The number of nitrogens with zero attached hydrogens (tertiary/aromatic N) is 4. The average molecular weight is 1040 g/mol. The third-order valence-corrected chi connectivity index (χ3v) is 13.1. The van der Waals surface area contributed by atoms with Crippen molar-refractivity contribution in [3.63, 3.8) is 0 Å². The molecule has 0 spiro atoms. The van der Waals surface area contributed by atoms with Crippen LogP contribution in [0.25, 0.3) is 11.1 Å². The summed E-state index contributed by atoms with van der Waals surface area (Å²) >= 11 is 0. The van der Waals surface area contributed by atoms with Crippen LogP contribution in [0.1, 0.15) is 77.8 Å². The lowest BCUT2D eigenvalue weighted by Crippen LogP contribution is -2.54. The van der Waals surface area contributed by atoms with Gasteiger partial charge in [0.1, 0.15) is 24.4 Å². The molecule has 0 bridgehead atoms. The number of hydrogen-bond donors (Lipinski definition) is 4. The zero-order valence-electron chi connectivity index (χ0n) is 42.7. The Bertz CT molecular complexity index is 3020. The number of carboxylic acid groups (broad SMARTS) is 1. The SMILES string of the molecule is C=CCOC(=O)N[C@H](C(=O)NC(CCC(=O)O)C(=O)Nc1ccc(C2=CN3C(=O)c4cc(OC)c(OCCCOc5cc6c(cc5OC)C(=O)N5C=C(c7ccc(OC)cc7)C[C@H]5C=N6)cc4N=C[C@@H]3C2)cc1)C(C)C. The molecule has 4 aliphatic heterocycles. The molecule has 4 aromatic carbocycles. The van der Waals surface area contributed by atoms with Crippen LogP contribution in [0.4, 0.5) is 21.9 Å². The normalized spacial score (nSPS) is 16.8. The molecule has 0 fully saturated rings. The van der Waals surface area contributed by atoms with E-state index in [1.54, 1.807) is 97.9 Å². The molecule has 4 aromatic rings. The minimum atomic E-state index is -1.24. The van der Waals surface area contributed by atoms with Crippen LogP contribution in [0.5, 0.6) is 28.7 Å². The Hall–Kier alpha value is -8.94. The Morgan fingerprint density at radius 2 is 1.25 bits per heavy atom. The molecular formula is C56H59N7O13. The summed E-state index contributed by atoms with van der Waals surface area (Å²) in [6.45, 7) is 7.29. The monoisotopic (exact) mass is 1040 g/mol. The van der Waals surface area contributed by atoms with Gasteiger partial charge in [0, 0.05) is 68.3 Å². The lowest BCUT2D eigenvalue weighted by molar-refractivity contribution is -0.137. The number of amides is 5. The number of hydrogen-bond acceptors (Lipinski definition) is 14. The first-order valence-corrected chi connectivity index (χ1v) is 24.6. The van der Waals surface area contributed by atoms with Gasteiger partial charge in [0.15, 0.2) is 23.0 Å². The predicted octanol–water partition coefficient (Wildman–Crippen LogP) is 7.73. The molecule has 4 N–H and O–H groups in total. The van der Waals surface area contributed by atoms with Crippen molar-refractivity contribution in [2.45, 2.75) is 70.1 Å². The zero-order valence-corrected chi connectivity index (χ0v) is 42.7. The van der Waals surface area contributed by atoms with Gasteiger partial charge in [-0.25, -0.2) is 4.79 Å². The fourth-order valence-electron chi connectivity index (χ4n) is 9.00. The molecule has 0 aliphatic carbocycles. The minimum Gasteiger partial charge on any atom is -0.497 e. The topological polar surface area (TPSA) is 245 Å². The number of nitrogens with one attached hydrogen (secondary N) is 3. The first kappa shape index (κ1) is 53.4. The van der Waals surface area contributed by atoms with Gasteiger partial charge in [0.2, 0.25) is 11.8 Å². The number of methoxy groups -OCH3 is 3. The van der Waals surface area contributed by atoms with Gasteiger partial charge in [-0.05, 0) is 71.0 Å². The van der Waals surface area contributed by atoms with E-state index in [0.29, 0.717) is 70.4 Å². The number of carbonyl (C=O) groups excluding carboxylic acids is 5. The van der Waals surface area contributed by atoms with Gasteiger partial charge in [-0.1, -0.05) is 50.8 Å². The molecule has 4 aliphatic rings. The molecule has 1 unspecified atom stereocenters. The first-order valence-electron chi connectivity index (χ1n) is 24.6. The second kappa shape index (κ2) is 23.9. The Labute approximate surface area is 439 Å². The van der Waals surface area contributed by atoms with Crippen LogP contribution >= 0.6 is 0 Å². The van der Waals surface area contributed by atoms with Crippen LogP contribution in [0.3, 0.4) is 0 Å². The molecule has 5 amide bonds. The highest BCUT2D eigenvalue weighted by Crippen LogP contribution is 2.42. The number of rotatable bonds is 22. The highest BCUT2D eigenvalue weighted by atomic mass is 16.5. The number of fused-ring (bicyclic) bond motifs is 4. The van der Waals surface area contributed by atoms with Crippen LogP contribution < -0.4 is 39.6 Å². The average Bonchev–Trinajstić information content (AvgIpc) is 4.00. The van der Waals surface area contributed by atoms with E-state index in [2.05, 4.69) is 22.5 Å². The van der Waals surface area contributed by atoms with Gasteiger partial charge in [-0.2, -0.15) is 0 Å². The molecule has 4 heterocycles. The number of benzene rings is 4. The van der Waals surface area contributed by atoms with E-state index in [0.717, 1.165) is 28.0 Å². The second-order valence-electron chi connectivity index (χ2n) is 18.5. The molecular weight excluding hydrogens is 979 g/mol. The second-order valence-corrected chi connectivity index (χ2v) is 18.5. The van der Waals surface area contributed by atoms with Crippen molar-refractivity contribution in [2.75, 3.05) is 46.5 Å². The van der Waals surface area contributed by atoms with E-state index >= 15 is 0 Å². The maximum absolute atomic E-state index is 14.1. The van der Waals surface area contributed by atoms with E-state index in [4.69, 9.17) is 38.4 Å². The third-order valence-electron chi connectivity index (χ3n) is 13.1. The van der Waals surface area contributed by atoms with Crippen molar-refractivity contribution in [3.8, 4) is 28.7 Å². The smallest absolute Gasteiger partial charge is 0.408 e. The van der Waals surface area contributed by atoms with Gasteiger partial charge in [-0.15, -0.1) is 0 Å². The Kier molecular flexibility index (Phi) is 16.8. The highest BCUT2D eigenvalue weighted by molar-refractivity contribution is 6.07. The van der Waals surface area contributed by atoms with E-state index in [-0.39, 0.29) is 44.1 Å². The maximum atomic E-state index is 14.1. The van der Waals surface area contributed by atoms with Crippen LogP contribution in [-0.2, 0) is 19.1 Å². The number of anilines is 1. The molecule has 4 atom stereocenters. The Balaban J connectivity index is 0.861. The number of carbonyl (C=O) groups is 6. The summed E-state index contributed by atoms with van der Waals surface area (Å²) in [7, 11) is 4.62. The molecule has 0 aromatic heterocycles. The summed E-state index contributed by atoms with van der Waals surface area (Å²) in [5.41, 5.74) is 5.64. The van der Waals surface area contributed by atoms with Gasteiger partial charge in [0.25, 0.3) is 11.8 Å². The molecule has 20 nitrogen and oxygen atoms in total. The lowest BCUT2D eigenvalue weighted by Gasteiger charge is -2.25. The summed E-state index contributed by atoms with van der Waals surface area (Å²) < 4.78 is 33.9. The first-order chi connectivity index (χ1) is 36.7. The molecule has 0 saturated heterocycles. The summed E-state index contributed by atoms with van der Waals surface area (Å²) in [5.74, 6) is -1.06. The molecule has 20 heteroatoms. The Morgan fingerprint density at radius 1 is 0.724 bits per heavy atom. The van der Waals surface area contributed by atoms with Crippen molar-refractivity contribution in [3.05, 3.63) is 120 Å². The number of aliphatic carboxylic acids is 1. The van der Waals surface area contributed by atoms with Crippen LogP contribution in [0, 0.1) is 5.92 Å². The lowest BCUT2D eigenvalue weighted by atomic mass is 10.0. The van der Waals surface area contributed by atoms with Gasteiger partial charge < -0.3 is 59.3 Å². The van der Waals surface area contributed by atoms with Crippen LogP contribution in [0.2, 0.25) is 0 Å². The fourth-order valence-corrected chi connectivity index (χ4v) is 9.00. The highest BCUT2D eigenvalue weighted by Gasteiger charge is 2.36. The van der Waals surface area contributed by atoms with Crippen molar-refractivity contribution in [2.24, 2.45) is 15.9 Å². The predicted molar refractivity (Wildman–Crippen MR) is 283 cm³/mol. The number of aliphatic imine (C=N–C) groups is 2. The maximum Gasteiger partial charge on any atom is 0.408 e. The van der Waals surface area contributed by atoms with E-state index in [9.17, 15) is 33.9 Å². The molecule has 0 saturated carbocycles. The van der Waals surface area contributed by atoms with Crippen LogP contribution in [-0.4, -0.2) is 128 Å². The van der Waals surface area contributed by atoms with Crippen molar-refractivity contribution in [1.82, 2.24) is 20.4 Å². The van der Waals surface area contributed by atoms with Crippen molar-refractivity contribution in [1.29, 1.82) is 0 Å². The number of alkyl carbamates (subject to hydrolysis) is 1. The number of carboxylic acids is 1. The van der Waals surface area contributed by atoms with Crippen molar-refractivity contribution >= 4 is 76.3 Å². The summed E-state index contributed by atoms with van der Waals surface area (Å²) in [5, 5.41) is 17.2. The zero-order chi connectivity index (χ0) is 54.0. The van der Waals surface area contributed by atoms with Gasteiger partial charge in [0.05, 0.1) is 69.1 Å². The largest absolute Gasteiger partial charge is 0.497 e. The third kappa shape index (κ3) is 12.2. The molecule has 8 rings (SSSR count). The Morgan fingerprint density at radius 3 is 1.72 bits per heavy atom. The molecule has 0 radical (unpaired) electrons. The van der Waals surface area contributed by atoms with Gasteiger partial charge in [-0.3, -0.25) is 34.0 Å². The fraction of sp³-hybridized carbons (Fsp3) is 0.321.